The molecular formula is C17H27N. The van der Waals surface area contributed by atoms with E-state index in [4.69, 9.17) is 0 Å². The molecule has 1 saturated carbocycles. The summed E-state index contributed by atoms with van der Waals surface area (Å²) >= 11 is 0. The standard InChI is InChI=1S/C17H27N/c1-13-6-5-7-15(8-13)12-18-16-9-14(2)10-17(3,4)11-16/h5-8,14,16,18H,9-12H2,1-4H3. The number of hydrogen-bond acceptors (Lipinski definition) is 1. The van der Waals surface area contributed by atoms with Crippen molar-refractivity contribution in [3.8, 4) is 0 Å². The zero-order valence-corrected chi connectivity index (χ0v) is 12.3. The normalized spacial score (nSPS) is 27.1. The first-order valence-electron chi connectivity index (χ1n) is 7.23. The SMILES string of the molecule is Cc1cccc(CNC2CC(C)CC(C)(C)C2)c1. The fraction of sp³-hybridized carbons (Fsp3) is 0.647. The van der Waals surface area contributed by atoms with E-state index in [0.717, 1.165) is 12.5 Å². The highest BCUT2D eigenvalue weighted by Crippen LogP contribution is 2.38. The number of benzene rings is 1. The van der Waals surface area contributed by atoms with Crippen LogP contribution < -0.4 is 5.32 Å². The Hall–Kier alpha value is -0.820. The summed E-state index contributed by atoms with van der Waals surface area (Å²) in [5.41, 5.74) is 3.26. The van der Waals surface area contributed by atoms with Crippen LogP contribution in [0, 0.1) is 18.3 Å². The summed E-state index contributed by atoms with van der Waals surface area (Å²) in [5.74, 6) is 0.851. The molecule has 0 saturated heterocycles. The molecule has 0 radical (unpaired) electrons. The van der Waals surface area contributed by atoms with E-state index >= 15 is 0 Å². The zero-order chi connectivity index (χ0) is 13.2. The Bertz CT molecular complexity index is 394. The van der Waals surface area contributed by atoms with Crippen molar-refractivity contribution in [3.63, 3.8) is 0 Å². The van der Waals surface area contributed by atoms with Gasteiger partial charge in [-0.2, -0.15) is 0 Å². The smallest absolute Gasteiger partial charge is 0.0208 e. The lowest BCUT2D eigenvalue weighted by molar-refractivity contribution is 0.151. The summed E-state index contributed by atoms with van der Waals surface area (Å²) in [7, 11) is 0. The lowest BCUT2D eigenvalue weighted by Gasteiger charge is -2.39. The molecule has 0 heterocycles. The summed E-state index contributed by atoms with van der Waals surface area (Å²) in [6, 6.07) is 9.50. The van der Waals surface area contributed by atoms with Crippen molar-refractivity contribution >= 4 is 0 Å². The van der Waals surface area contributed by atoms with E-state index in [9.17, 15) is 0 Å². The van der Waals surface area contributed by atoms with Gasteiger partial charge in [0.05, 0.1) is 0 Å². The van der Waals surface area contributed by atoms with Gasteiger partial charge in [0.25, 0.3) is 0 Å². The Morgan fingerprint density at radius 2 is 2.06 bits per heavy atom. The van der Waals surface area contributed by atoms with Gasteiger partial charge < -0.3 is 5.32 Å². The van der Waals surface area contributed by atoms with E-state index < -0.39 is 0 Å². The largest absolute Gasteiger partial charge is 0.310 e. The van der Waals surface area contributed by atoms with Gasteiger partial charge in [0.15, 0.2) is 0 Å². The van der Waals surface area contributed by atoms with Crippen molar-refractivity contribution in [2.75, 3.05) is 0 Å². The number of aryl methyl sites for hydroxylation is 1. The molecule has 0 amide bonds. The molecule has 1 aliphatic rings. The molecule has 1 fully saturated rings. The Kier molecular flexibility index (Phi) is 4.11. The molecule has 0 bridgehead atoms. The third-order valence-corrected chi connectivity index (χ3v) is 4.06. The van der Waals surface area contributed by atoms with Crippen molar-refractivity contribution in [3.05, 3.63) is 35.4 Å². The lowest BCUT2D eigenvalue weighted by atomic mass is 9.70. The molecule has 0 aromatic heterocycles. The summed E-state index contributed by atoms with van der Waals surface area (Å²) in [5, 5.41) is 3.75. The third-order valence-electron chi connectivity index (χ3n) is 4.06. The number of hydrogen-bond donors (Lipinski definition) is 1. The van der Waals surface area contributed by atoms with Crippen LogP contribution in [0.1, 0.15) is 51.2 Å². The molecule has 1 N–H and O–H groups in total. The molecule has 2 rings (SSSR count). The van der Waals surface area contributed by atoms with Crippen molar-refractivity contribution < 1.29 is 0 Å². The van der Waals surface area contributed by atoms with Gasteiger partial charge in [0.1, 0.15) is 0 Å². The second-order valence-corrected chi connectivity index (χ2v) is 6.98. The minimum absolute atomic E-state index is 0.502. The van der Waals surface area contributed by atoms with Crippen LogP contribution in [0.5, 0.6) is 0 Å². The van der Waals surface area contributed by atoms with Crippen LogP contribution in [-0.4, -0.2) is 6.04 Å². The average molecular weight is 245 g/mol. The first-order chi connectivity index (χ1) is 8.44. The summed E-state index contributed by atoms with van der Waals surface area (Å²) < 4.78 is 0. The molecule has 1 aromatic rings. The molecule has 1 nitrogen and oxygen atoms in total. The third kappa shape index (κ3) is 3.84. The van der Waals surface area contributed by atoms with Crippen LogP contribution in [0.4, 0.5) is 0 Å². The molecular weight excluding hydrogens is 218 g/mol. The molecule has 1 aliphatic carbocycles. The number of nitrogens with one attached hydrogen (secondary N) is 1. The zero-order valence-electron chi connectivity index (χ0n) is 12.3. The number of rotatable bonds is 3. The van der Waals surface area contributed by atoms with Gasteiger partial charge in [-0.1, -0.05) is 50.6 Å². The van der Waals surface area contributed by atoms with Crippen molar-refractivity contribution in [1.82, 2.24) is 5.32 Å². The Balaban J connectivity index is 1.90. The first kappa shape index (κ1) is 13.6. The second kappa shape index (κ2) is 5.44. The molecule has 100 valence electrons. The van der Waals surface area contributed by atoms with Crippen LogP contribution in [0.15, 0.2) is 24.3 Å². The average Bonchev–Trinajstić information content (AvgIpc) is 2.24. The van der Waals surface area contributed by atoms with Gasteiger partial charge in [-0.3, -0.25) is 0 Å². The molecule has 0 aliphatic heterocycles. The van der Waals surface area contributed by atoms with Gasteiger partial charge in [0, 0.05) is 12.6 Å². The molecule has 2 unspecified atom stereocenters. The quantitative estimate of drug-likeness (QED) is 0.837. The van der Waals surface area contributed by atoms with Crippen LogP contribution >= 0.6 is 0 Å². The highest BCUT2D eigenvalue weighted by Gasteiger charge is 2.31. The van der Waals surface area contributed by atoms with E-state index in [-0.39, 0.29) is 0 Å². The molecule has 1 heteroatoms. The predicted molar refractivity (Wildman–Crippen MR) is 78.6 cm³/mol. The maximum Gasteiger partial charge on any atom is 0.0208 e. The Morgan fingerprint density at radius 3 is 2.72 bits per heavy atom. The van der Waals surface area contributed by atoms with Gasteiger partial charge in [0.2, 0.25) is 0 Å². The summed E-state index contributed by atoms with van der Waals surface area (Å²) in [6.07, 6.45) is 4.01. The minimum atomic E-state index is 0.502. The monoisotopic (exact) mass is 245 g/mol. The minimum Gasteiger partial charge on any atom is -0.310 e. The van der Waals surface area contributed by atoms with E-state index in [0.29, 0.717) is 11.5 Å². The molecule has 1 aromatic carbocycles. The highest BCUT2D eigenvalue weighted by molar-refractivity contribution is 5.22. The first-order valence-corrected chi connectivity index (χ1v) is 7.23. The topological polar surface area (TPSA) is 12.0 Å². The summed E-state index contributed by atoms with van der Waals surface area (Å²) in [4.78, 5) is 0. The van der Waals surface area contributed by atoms with Crippen molar-refractivity contribution in [2.24, 2.45) is 11.3 Å². The fourth-order valence-corrected chi connectivity index (χ4v) is 3.59. The highest BCUT2D eigenvalue weighted by atomic mass is 14.9. The maximum absolute atomic E-state index is 3.75. The lowest BCUT2D eigenvalue weighted by Crippen LogP contribution is -2.39. The van der Waals surface area contributed by atoms with Crippen LogP contribution in [0.2, 0.25) is 0 Å². The van der Waals surface area contributed by atoms with Gasteiger partial charge in [-0.05, 0) is 43.1 Å². The van der Waals surface area contributed by atoms with Crippen molar-refractivity contribution in [2.45, 2.75) is 59.5 Å². The molecule has 2 atom stereocenters. The van der Waals surface area contributed by atoms with E-state index in [1.165, 1.54) is 30.4 Å². The van der Waals surface area contributed by atoms with Crippen molar-refractivity contribution in [1.29, 1.82) is 0 Å². The van der Waals surface area contributed by atoms with Crippen LogP contribution in [-0.2, 0) is 6.54 Å². The van der Waals surface area contributed by atoms with Gasteiger partial charge in [-0.15, -0.1) is 0 Å². The van der Waals surface area contributed by atoms with E-state index in [1.54, 1.807) is 0 Å². The van der Waals surface area contributed by atoms with Crippen LogP contribution in [0.25, 0.3) is 0 Å². The van der Waals surface area contributed by atoms with E-state index in [2.05, 4.69) is 57.3 Å². The van der Waals surface area contributed by atoms with Crippen LogP contribution in [0.3, 0.4) is 0 Å². The van der Waals surface area contributed by atoms with E-state index in [1.807, 2.05) is 0 Å². The fourth-order valence-electron chi connectivity index (χ4n) is 3.59. The Morgan fingerprint density at radius 1 is 1.28 bits per heavy atom. The van der Waals surface area contributed by atoms with Gasteiger partial charge in [-0.25, -0.2) is 0 Å². The second-order valence-electron chi connectivity index (χ2n) is 6.98. The summed E-state index contributed by atoms with van der Waals surface area (Å²) in [6.45, 7) is 10.4. The predicted octanol–water partition coefficient (Wildman–Crippen LogP) is 4.30. The molecule has 0 spiro atoms. The van der Waals surface area contributed by atoms with Gasteiger partial charge >= 0.3 is 0 Å². The molecule has 18 heavy (non-hydrogen) atoms. The maximum atomic E-state index is 3.75. The Labute approximate surface area is 112 Å².